The average Bonchev–Trinajstić information content (AvgIpc) is 2.38. The molecule has 0 aromatic rings. The van der Waals surface area contributed by atoms with Gasteiger partial charge in [-0.25, -0.2) is 0 Å². The van der Waals surface area contributed by atoms with Crippen molar-refractivity contribution in [2.45, 2.75) is 46.8 Å². The first-order chi connectivity index (χ1) is 8.53. The SMILES string of the molecule is CCN(CC)CC([SiH3])(N(CC)CC)N(CC)CC. The maximum atomic E-state index is 2.66. The molecule has 0 spiro atoms. The lowest BCUT2D eigenvalue weighted by Gasteiger charge is -2.50. The van der Waals surface area contributed by atoms with Crippen molar-refractivity contribution < 1.29 is 0 Å². The van der Waals surface area contributed by atoms with Gasteiger partial charge in [0, 0.05) is 16.8 Å². The fraction of sp³-hybridized carbons (Fsp3) is 1.00. The fourth-order valence-corrected chi connectivity index (χ4v) is 4.79. The molecule has 0 rings (SSSR count). The average molecular weight is 274 g/mol. The van der Waals surface area contributed by atoms with Crippen LogP contribution in [0.2, 0.25) is 0 Å². The summed E-state index contributed by atoms with van der Waals surface area (Å²) < 4.78 is 0. The molecule has 0 saturated carbocycles. The van der Waals surface area contributed by atoms with Crippen LogP contribution < -0.4 is 0 Å². The summed E-state index contributed by atoms with van der Waals surface area (Å²) in [5.41, 5.74) is 0. The Balaban J connectivity index is 5.11. The molecule has 0 aromatic carbocycles. The third-order valence-electron chi connectivity index (χ3n) is 4.31. The van der Waals surface area contributed by atoms with Crippen LogP contribution in [0.3, 0.4) is 0 Å². The standard InChI is InChI=1S/C14H35N3Si/c1-7-15(8-2)13-14(18,16(9-3)10-4)17(11-5)12-6/h7-13H2,1-6,18H3. The number of nitrogens with zero attached hydrogens (tertiary/aromatic N) is 3. The molecule has 0 saturated heterocycles. The van der Waals surface area contributed by atoms with Crippen LogP contribution in [0.15, 0.2) is 0 Å². The quantitative estimate of drug-likeness (QED) is 0.435. The lowest BCUT2D eigenvalue weighted by molar-refractivity contribution is -0.00690. The molecule has 18 heavy (non-hydrogen) atoms. The van der Waals surface area contributed by atoms with Gasteiger partial charge in [-0.2, -0.15) is 0 Å². The van der Waals surface area contributed by atoms with Crippen molar-refractivity contribution in [3.05, 3.63) is 0 Å². The van der Waals surface area contributed by atoms with E-state index in [1.54, 1.807) is 0 Å². The van der Waals surface area contributed by atoms with Crippen LogP contribution in [0, 0.1) is 0 Å². The van der Waals surface area contributed by atoms with E-state index in [9.17, 15) is 0 Å². The second-order valence-electron chi connectivity index (χ2n) is 5.02. The molecule has 0 radical (unpaired) electrons. The van der Waals surface area contributed by atoms with Crippen LogP contribution in [0.25, 0.3) is 0 Å². The van der Waals surface area contributed by atoms with Gasteiger partial charge in [-0.15, -0.1) is 0 Å². The topological polar surface area (TPSA) is 9.72 Å². The second kappa shape index (κ2) is 9.07. The van der Waals surface area contributed by atoms with Gasteiger partial charge in [-0.05, 0) is 39.3 Å². The molecule has 0 aliphatic carbocycles. The molecule has 110 valence electrons. The van der Waals surface area contributed by atoms with E-state index in [0.717, 1.165) is 39.3 Å². The molecule has 0 atom stereocenters. The van der Waals surface area contributed by atoms with Crippen molar-refractivity contribution in [3.8, 4) is 0 Å². The Kier molecular flexibility index (Phi) is 9.12. The van der Waals surface area contributed by atoms with E-state index in [2.05, 4.69) is 56.2 Å². The highest BCUT2D eigenvalue weighted by Gasteiger charge is 2.35. The number of likely N-dealkylation sites (N-methyl/N-ethyl adjacent to an activating group) is 3. The monoisotopic (exact) mass is 273 g/mol. The molecular weight excluding hydrogens is 238 g/mol. The lowest BCUT2D eigenvalue weighted by atomic mass is 10.2. The third kappa shape index (κ3) is 4.33. The molecule has 0 aromatic heterocycles. The summed E-state index contributed by atoms with van der Waals surface area (Å²) >= 11 is 0. The molecule has 4 heteroatoms. The highest BCUT2D eigenvalue weighted by atomic mass is 28.1. The van der Waals surface area contributed by atoms with Crippen LogP contribution in [0.1, 0.15) is 41.5 Å². The molecule has 0 aliphatic rings. The van der Waals surface area contributed by atoms with Crippen LogP contribution in [-0.2, 0) is 0 Å². The Morgan fingerprint density at radius 3 is 1.22 bits per heavy atom. The first kappa shape index (κ1) is 18.1. The van der Waals surface area contributed by atoms with E-state index < -0.39 is 0 Å². The molecule has 0 N–H and O–H groups in total. The highest BCUT2D eigenvalue weighted by molar-refractivity contribution is 6.15. The van der Waals surface area contributed by atoms with Crippen LogP contribution in [-0.4, -0.2) is 76.0 Å². The third-order valence-corrected chi connectivity index (χ3v) is 5.89. The van der Waals surface area contributed by atoms with Gasteiger partial charge in [0.25, 0.3) is 0 Å². The van der Waals surface area contributed by atoms with E-state index in [0.29, 0.717) is 5.29 Å². The minimum absolute atomic E-state index is 0.291. The maximum absolute atomic E-state index is 2.66. The Labute approximate surface area is 118 Å². The van der Waals surface area contributed by atoms with Gasteiger partial charge in [0.15, 0.2) is 0 Å². The number of hydrogen-bond acceptors (Lipinski definition) is 3. The highest BCUT2D eigenvalue weighted by Crippen LogP contribution is 2.18. The minimum Gasteiger partial charge on any atom is -0.301 e. The van der Waals surface area contributed by atoms with Crippen molar-refractivity contribution in [1.82, 2.24) is 14.7 Å². The number of rotatable bonds is 10. The molecule has 0 amide bonds. The normalized spacial score (nSPS) is 13.2. The van der Waals surface area contributed by atoms with Gasteiger partial charge in [-0.1, -0.05) is 41.5 Å². The number of hydrogen-bond donors (Lipinski definition) is 0. The van der Waals surface area contributed by atoms with Crippen molar-refractivity contribution in [2.75, 3.05) is 45.8 Å². The van der Waals surface area contributed by atoms with E-state index in [4.69, 9.17) is 0 Å². The largest absolute Gasteiger partial charge is 0.301 e. The van der Waals surface area contributed by atoms with Gasteiger partial charge < -0.3 is 4.90 Å². The molecule has 0 unspecified atom stereocenters. The Bertz CT molecular complexity index is 187. The molecule has 0 bridgehead atoms. The zero-order valence-electron chi connectivity index (χ0n) is 13.8. The minimum atomic E-state index is 0.291. The van der Waals surface area contributed by atoms with Crippen molar-refractivity contribution in [3.63, 3.8) is 0 Å². The fourth-order valence-electron chi connectivity index (χ4n) is 3.08. The first-order valence-electron chi connectivity index (χ1n) is 7.76. The van der Waals surface area contributed by atoms with Crippen molar-refractivity contribution >= 4 is 10.2 Å². The van der Waals surface area contributed by atoms with E-state index in [-0.39, 0.29) is 0 Å². The van der Waals surface area contributed by atoms with Crippen LogP contribution in [0.4, 0.5) is 0 Å². The molecule has 0 fully saturated rings. The summed E-state index contributed by atoms with van der Waals surface area (Å²) in [4.78, 5) is 7.89. The zero-order valence-corrected chi connectivity index (χ0v) is 15.8. The Morgan fingerprint density at radius 1 is 0.667 bits per heavy atom. The van der Waals surface area contributed by atoms with E-state index in [1.165, 1.54) is 16.8 Å². The summed E-state index contributed by atoms with van der Waals surface area (Å²) in [5.74, 6) is 0. The lowest BCUT2D eigenvalue weighted by Crippen LogP contribution is -2.66. The van der Waals surface area contributed by atoms with Crippen molar-refractivity contribution in [2.24, 2.45) is 0 Å². The van der Waals surface area contributed by atoms with E-state index in [1.807, 2.05) is 0 Å². The summed E-state index contributed by atoms with van der Waals surface area (Å²) in [6.07, 6.45) is 0. The molecule has 0 heterocycles. The van der Waals surface area contributed by atoms with Crippen LogP contribution in [0.5, 0.6) is 0 Å². The summed E-state index contributed by atoms with van der Waals surface area (Å²) in [7, 11) is 1.19. The summed E-state index contributed by atoms with van der Waals surface area (Å²) in [5, 5.41) is 0.291. The van der Waals surface area contributed by atoms with Gasteiger partial charge in [0.1, 0.15) is 0 Å². The van der Waals surface area contributed by atoms with Gasteiger partial charge in [-0.3, -0.25) is 9.80 Å². The van der Waals surface area contributed by atoms with Gasteiger partial charge >= 0.3 is 0 Å². The smallest absolute Gasteiger partial charge is 0.0648 e. The second-order valence-corrected chi connectivity index (χ2v) is 6.62. The molecule has 0 aliphatic heterocycles. The summed E-state index contributed by atoms with van der Waals surface area (Å²) in [6.45, 7) is 21.8. The first-order valence-corrected chi connectivity index (χ1v) is 8.76. The summed E-state index contributed by atoms with van der Waals surface area (Å²) in [6, 6.07) is 0. The predicted molar refractivity (Wildman–Crippen MR) is 86.3 cm³/mol. The molecule has 3 nitrogen and oxygen atoms in total. The molecular formula is C14H35N3Si. The Morgan fingerprint density at radius 2 is 1.00 bits per heavy atom. The van der Waals surface area contributed by atoms with E-state index >= 15 is 0 Å². The van der Waals surface area contributed by atoms with Crippen molar-refractivity contribution in [1.29, 1.82) is 0 Å². The Hall–Kier alpha value is 0.0969. The van der Waals surface area contributed by atoms with Gasteiger partial charge in [0.2, 0.25) is 0 Å². The van der Waals surface area contributed by atoms with Crippen LogP contribution >= 0.6 is 0 Å². The van der Waals surface area contributed by atoms with Gasteiger partial charge in [0.05, 0.1) is 5.29 Å². The predicted octanol–water partition coefficient (Wildman–Crippen LogP) is 1.03. The maximum Gasteiger partial charge on any atom is 0.0648 e. The zero-order chi connectivity index (χ0) is 14.2.